The topological polar surface area (TPSA) is 106 Å². The zero-order valence-electron chi connectivity index (χ0n) is 17.3. The Morgan fingerprint density at radius 2 is 2.09 bits per heavy atom. The Kier molecular flexibility index (Phi) is 5.81. The first kappa shape index (κ1) is 21.4. The van der Waals surface area contributed by atoms with E-state index in [0.29, 0.717) is 25.2 Å². The first-order valence-corrected chi connectivity index (χ1v) is 10.1. The third-order valence-electron chi connectivity index (χ3n) is 5.54. The fourth-order valence-electron chi connectivity index (χ4n) is 3.88. The molecule has 1 atom stereocenters. The van der Waals surface area contributed by atoms with Gasteiger partial charge in [-0.25, -0.2) is 18.7 Å². The normalized spacial score (nSPS) is 16.2. The van der Waals surface area contributed by atoms with Crippen molar-refractivity contribution in [2.24, 2.45) is 0 Å². The van der Waals surface area contributed by atoms with Crippen molar-refractivity contribution in [1.82, 2.24) is 19.9 Å². The van der Waals surface area contributed by atoms with E-state index >= 15 is 0 Å². The highest BCUT2D eigenvalue weighted by Gasteiger charge is 2.28. The molecule has 0 radical (unpaired) electrons. The lowest BCUT2D eigenvalue weighted by Gasteiger charge is -2.40. The molecule has 1 fully saturated rings. The van der Waals surface area contributed by atoms with Crippen LogP contribution in [0.5, 0.6) is 0 Å². The number of amides is 1. The Balaban J connectivity index is 1.40. The van der Waals surface area contributed by atoms with E-state index in [1.165, 1.54) is 12.3 Å². The minimum atomic E-state index is -1.23. The third kappa shape index (κ3) is 4.14. The van der Waals surface area contributed by atoms with Crippen LogP contribution < -0.4 is 10.5 Å². The average Bonchev–Trinajstić information content (AvgIpc) is 2.79. The van der Waals surface area contributed by atoms with E-state index in [9.17, 15) is 18.4 Å². The fraction of sp³-hybridized carbons (Fsp3) is 0.318. The first-order chi connectivity index (χ1) is 15.4. The predicted octanol–water partition coefficient (Wildman–Crippen LogP) is 2.14. The van der Waals surface area contributed by atoms with Crippen molar-refractivity contribution in [3.8, 4) is 6.07 Å². The summed E-state index contributed by atoms with van der Waals surface area (Å²) in [5, 5.41) is 8.47. The predicted molar refractivity (Wildman–Crippen MR) is 113 cm³/mol. The number of hydrogen-bond donors (Lipinski definition) is 1. The molecule has 1 aliphatic heterocycles. The van der Waals surface area contributed by atoms with Gasteiger partial charge in [0.1, 0.15) is 23.1 Å². The van der Waals surface area contributed by atoms with Gasteiger partial charge in [-0.15, -0.1) is 0 Å². The van der Waals surface area contributed by atoms with Gasteiger partial charge in [-0.1, -0.05) is 0 Å². The summed E-state index contributed by atoms with van der Waals surface area (Å²) in [5.41, 5.74) is -0.234. The van der Waals surface area contributed by atoms with E-state index in [2.05, 4.69) is 19.9 Å². The lowest BCUT2D eigenvalue weighted by atomic mass is 10.1. The Bertz CT molecular complexity index is 1270. The molecule has 1 saturated heterocycles. The van der Waals surface area contributed by atoms with Gasteiger partial charge < -0.3 is 14.8 Å². The van der Waals surface area contributed by atoms with Gasteiger partial charge in [0.25, 0.3) is 5.56 Å². The summed E-state index contributed by atoms with van der Waals surface area (Å²) in [6.07, 6.45) is 1.82. The number of fused-ring (bicyclic) bond motifs is 1. The molecule has 10 heteroatoms. The highest BCUT2D eigenvalue weighted by atomic mass is 19.2. The number of hydrogen-bond acceptors (Lipinski definition) is 6. The summed E-state index contributed by atoms with van der Waals surface area (Å²) in [5.74, 6) is -1.43. The van der Waals surface area contributed by atoms with Gasteiger partial charge in [0.15, 0.2) is 11.6 Å². The molecule has 8 nitrogen and oxygen atoms in total. The third-order valence-corrected chi connectivity index (χ3v) is 5.54. The molecule has 0 aliphatic carbocycles. The number of carbonyl (C=O) groups is 1. The highest BCUT2D eigenvalue weighted by Crippen LogP contribution is 2.19. The summed E-state index contributed by atoms with van der Waals surface area (Å²) in [6.45, 7) is 3.65. The molecule has 164 valence electrons. The number of aryl methyl sites for hydroxylation is 1. The summed E-state index contributed by atoms with van der Waals surface area (Å²) >= 11 is 0. The Morgan fingerprint density at radius 3 is 2.78 bits per heavy atom. The van der Waals surface area contributed by atoms with E-state index < -0.39 is 22.6 Å². The lowest BCUT2D eigenvalue weighted by molar-refractivity contribution is -0.133. The molecule has 1 aliphatic rings. The van der Waals surface area contributed by atoms with Crippen LogP contribution in [0.2, 0.25) is 0 Å². The molecule has 1 N–H and O–H groups in total. The smallest absolute Gasteiger partial charge is 0.261 e. The molecule has 4 rings (SSSR count). The molecule has 0 bridgehead atoms. The molecule has 3 aromatic rings. The van der Waals surface area contributed by atoms with Crippen molar-refractivity contribution in [1.29, 1.82) is 5.26 Å². The van der Waals surface area contributed by atoms with E-state index in [4.69, 9.17) is 5.26 Å². The average molecular weight is 438 g/mol. The zero-order valence-corrected chi connectivity index (χ0v) is 17.3. The lowest BCUT2D eigenvalue weighted by Crippen LogP contribution is -2.54. The number of halogens is 2. The first-order valence-electron chi connectivity index (χ1n) is 10.1. The number of carbonyl (C=O) groups excluding carboxylic acids is 1. The second-order valence-electron chi connectivity index (χ2n) is 7.67. The Hall–Kier alpha value is -3.87. The van der Waals surface area contributed by atoms with E-state index in [-0.39, 0.29) is 36.1 Å². The van der Waals surface area contributed by atoms with Crippen molar-refractivity contribution >= 4 is 22.6 Å². The molecule has 0 saturated carbocycles. The number of nitriles is 1. The Morgan fingerprint density at radius 1 is 1.28 bits per heavy atom. The van der Waals surface area contributed by atoms with Crippen LogP contribution in [0.25, 0.3) is 10.9 Å². The molecule has 2 aromatic heterocycles. The molecule has 32 heavy (non-hydrogen) atoms. The van der Waals surface area contributed by atoms with E-state index in [1.54, 1.807) is 17.0 Å². The molecule has 1 aromatic carbocycles. The zero-order chi connectivity index (χ0) is 22.8. The van der Waals surface area contributed by atoms with E-state index in [0.717, 1.165) is 11.9 Å². The van der Waals surface area contributed by atoms with Gasteiger partial charge in [0.05, 0.1) is 11.1 Å². The maximum atomic E-state index is 13.9. The van der Waals surface area contributed by atoms with Crippen LogP contribution in [0.4, 0.5) is 14.6 Å². The number of nitrogens with zero attached hydrogens (tertiary/aromatic N) is 5. The van der Waals surface area contributed by atoms with Crippen LogP contribution in [0.15, 0.2) is 35.3 Å². The van der Waals surface area contributed by atoms with Crippen LogP contribution in [0.1, 0.15) is 24.7 Å². The van der Waals surface area contributed by atoms with Crippen LogP contribution in [0, 0.1) is 23.0 Å². The molecular formula is C22H20F2N6O2. The summed E-state index contributed by atoms with van der Waals surface area (Å²) in [4.78, 5) is 39.7. The van der Waals surface area contributed by atoms with Crippen molar-refractivity contribution in [2.45, 2.75) is 25.8 Å². The highest BCUT2D eigenvalue weighted by molar-refractivity contribution is 5.79. The van der Waals surface area contributed by atoms with Gasteiger partial charge in [0.2, 0.25) is 5.91 Å². The van der Waals surface area contributed by atoms with Crippen LogP contribution in [-0.2, 0) is 11.2 Å². The molecule has 0 unspecified atom stereocenters. The fourth-order valence-corrected chi connectivity index (χ4v) is 3.88. The summed E-state index contributed by atoms with van der Waals surface area (Å²) < 4.78 is 27.2. The quantitative estimate of drug-likeness (QED) is 0.669. The van der Waals surface area contributed by atoms with Gasteiger partial charge in [-0.05, 0) is 31.2 Å². The number of benzene rings is 1. The monoisotopic (exact) mass is 438 g/mol. The number of anilines is 1. The maximum Gasteiger partial charge on any atom is 0.261 e. The minimum absolute atomic E-state index is 0.0481. The van der Waals surface area contributed by atoms with Crippen LogP contribution >= 0.6 is 0 Å². The van der Waals surface area contributed by atoms with Crippen molar-refractivity contribution in [3.63, 3.8) is 0 Å². The number of rotatable bonds is 4. The summed E-state index contributed by atoms with van der Waals surface area (Å²) in [6, 6.07) is 7.64. The van der Waals surface area contributed by atoms with Gasteiger partial charge in [-0.2, -0.15) is 5.26 Å². The number of nitrogens with one attached hydrogen (secondary N) is 1. The SMILES string of the molecule is C[C@H]1CN(c2ccc(C#N)cn2)CCN1C(=O)CCc1nc2ccc(F)c(F)c2c(=O)[nH]1. The van der Waals surface area contributed by atoms with Crippen LogP contribution in [0.3, 0.4) is 0 Å². The van der Waals surface area contributed by atoms with E-state index in [1.807, 2.05) is 13.0 Å². The second-order valence-corrected chi connectivity index (χ2v) is 7.67. The number of aromatic amines is 1. The maximum absolute atomic E-state index is 13.9. The molecule has 1 amide bonds. The molecule has 3 heterocycles. The second kappa shape index (κ2) is 8.70. The molecular weight excluding hydrogens is 418 g/mol. The van der Waals surface area contributed by atoms with Crippen LogP contribution in [-0.4, -0.2) is 51.4 Å². The molecule has 0 spiro atoms. The van der Waals surface area contributed by atoms with Gasteiger partial charge in [0, 0.05) is 44.7 Å². The number of piperazine rings is 1. The van der Waals surface area contributed by atoms with Crippen molar-refractivity contribution in [3.05, 3.63) is 63.8 Å². The standard InChI is InChI=1S/C22H20F2N6O2/c1-13-12-29(18-6-2-14(10-25)11-26-18)8-9-30(13)19(31)7-5-17-27-16-4-3-15(23)21(24)20(16)22(32)28-17/h2-4,6,11,13H,5,7-9,12H2,1H3,(H,27,28,32)/t13-/m0/s1. The number of pyridine rings is 1. The van der Waals surface area contributed by atoms with Crippen molar-refractivity contribution in [2.75, 3.05) is 24.5 Å². The minimum Gasteiger partial charge on any atom is -0.353 e. The van der Waals surface area contributed by atoms with Gasteiger partial charge >= 0.3 is 0 Å². The largest absolute Gasteiger partial charge is 0.353 e. The Labute approximate surface area is 182 Å². The summed E-state index contributed by atoms with van der Waals surface area (Å²) in [7, 11) is 0. The number of aromatic nitrogens is 3. The van der Waals surface area contributed by atoms with Gasteiger partial charge in [-0.3, -0.25) is 9.59 Å². The van der Waals surface area contributed by atoms with Crippen molar-refractivity contribution < 1.29 is 13.6 Å². The number of H-pyrrole nitrogens is 1.